The van der Waals surface area contributed by atoms with Crippen LogP contribution in [0.1, 0.15) is 45.4 Å². The van der Waals surface area contributed by atoms with Gasteiger partial charge in [-0.1, -0.05) is 6.92 Å². The fourth-order valence-corrected chi connectivity index (χ4v) is 7.35. The molecule has 136 valence electrons. The van der Waals surface area contributed by atoms with Gasteiger partial charge < -0.3 is 20.1 Å². The number of carbonyl (C=O) groups excluding carboxylic acids is 1. The number of rotatable bonds is 1. The Hall–Kier alpha value is -1.17. The van der Waals surface area contributed by atoms with E-state index in [9.17, 15) is 20.1 Å². The molecular formula is C20H26O5. The number of ether oxygens (including phenoxy) is 1. The van der Waals surface area contributed by atoms with Crippen molar-refractivity contribution in [2.45, 2.75) is 57.2 Å². The molecule has 1 aliphatic heterocycles. The maximum Gasteiger partial charge on any atom is 0.336 e. The summed E-state index contributed by atoms with van der Waals surface area (Å²) in [5.41, 5.74) is -0.385. The second kappa shape index (κ2) is 4.76. The third kappa shape index (κ3) is 1.82. The first-order chi connectivity index (χ1) is 11.8. The van der Waals surface area contributed by atoms with Crippen molar-refractivity contribution in [3.8, 4) is 0 Å². The lowest BCUT2D eigenvalue weighted by molar-refractivity contribution is -0.135. The minimum absolute atomic E-state index is 0.0119. The van der Waals surface area contributed by atoms with Gasteiger partial charge in [0.2, 0.25) is 0 Å². The van der Waals surface area contributed by atoms with Crippen molar-refractivity contribution in [3.05, 3.63) is 23.5 Å². The van der Waals surface area contributed by atoms with E-state index in [1.807, 2.05) is 0 Å². The monoisotopic (exact) mass is 346 g/mol. The van der Waals surface area contributed by atoms with Crippen LogP contribution in [0.3, 0.4) is 0 Å². The van der Waals surface area contributed by atoms with Crippen molar-refractivity contribution < 1.29 is 24.9 Å². The van der Waals surface area contributed by atoms with Crippen LogP contribution in [0.4, 0.5) is 0 Å². The van der Waals surface area contributed by atoms with Gasteiger partial charge in [-0.25, -0.2) is 4.79 Å². The predicted molar refractivity (Wildman–Crippen MR) is 89.0 cm³/mol. The minimum atomic E-state index is -0.968. The Morgan fingerprint density at radius 2 is 2.12 bits per heavy atom. The van der Waals surface area contributed by atoms with Crippen LogP contribution in [0.2, 0.25) is 0 Å². The molecule has 2 bridgehead atoms. The highest BCUT2D eigenvalue weighted by molar-refractivity contribution is 5.88. The Kier molecular flexibility index (Phi) is 3.05. The van der Waals surface area contributed by atoms with Gasteiger partial charge in [-0.15, -0.1) is 0 Å². The largest absolute Gasteiger partial charge is 0.423 e. The molecule has 0 aromatic carbocycles. The second-order valence-electron chi connectivity index (χ2n) is 9.29. The summed E-state index contributed by atoms with van der Waals surface area (Å²) in [4.78, 5) is 11.7. The van der Waals surface area contributed by atoms with Gasteiger partial charge in [-0.05, 0) is 67.8 Å². The SMILES string of the molecule is C[C@@]12[C@H](O)C=C3OC(=O)C=C3[C@H]1CC[C@@]13C[C@@H](CC[C@H]12)[C@@](O)(CO)C3. The maximum atomic E-state index is 11.7. The number of hydrogen-bond acceptors (Lipinski definition) is 5. The van der Waals surface area contributed by atoms with E-state index in [1.165, 1.54) is 0 Å². The molecule has 0 aromatic heterocycles. The fraction of sp³-hybridized carbons (Fsp3) is 0.750. The summed E-state index contributed by atoms with van der Waals surface area (Å²) in [7, 11) is 0. The average Bonchev–Trinajstić information content (AvgIpc) is 3.03. The molecule has 25 heavy (non-hydrogen) atoms. The summed E-state index contributed by atoms with van der Waals surface area (Å²) in [6.45, 7) is 1.98. The highest BCUT2D eigenvalue weighted by Gasteiger charge is 2.67. The molecule has 5 rings (SSSR count). The zero-order chi connectivity index (χ0) is 17.6. The molecular weight excluding hydrogens is 320 g/mol. The minimum Gasteiger partial charge on any atom is -0.423 e. The van der Waals surface area contributed by atoms with E-state index < -0.39 is 11.7 Å². The number of esters is 1. The van der Waals surface area contributed by atoms with E-state index in [2.05, 4.69) is 6.92 Å². The number of aliphatic hydroxyl groups excluding tert-OH is 2. The first-order valence-electron chi connectivity index (χ1n) is 9.49. The summed E-state index contributed by atoms with van der Waals surface area (Å²) in [5, 5.41) is 31.8. The van der Waals surface area contributed by atoms with Crippen LogP contribution in [0.5, 0.6) is 0 Å². The standard InChI is InChI=1S/C20H26O5/c1-18-13(12-6-17(23)25-14(12)7-16(18)22)4-5-19-8-11(2-3-15(18)19)20(24,9-19)10-21/h6-7,11,13,15-16,21-22,24H,2-5,8-10H2,1H3/t11-,13-,15+,16-,18-,19+,20+/m1/s1. The molecule has 0 unspecified atom stereocenters. The Morgan fingerprint density at radius 1 is 1.32 bits per heavy atom. The number of carbonyl (C=O) groups is 1. The third-order valence-electron chi connectivity index (χ3n) is 8.41. The van der Waals surface area contributed by atoms with E-state index >= 15 is 0 Å². The summed E-state index contributed by atoms with van der Waals surface area (Å²) in [6.07, 6.45) is 7.94. The van der Waals surface area contributed by atoms with E-state index in [-0.39, 0.29) is 41.2 Å². The zero-order valence-electron chi connectivity index (χ0n) is 14.6. The second-order valence-corrected chi connectivity index (χ2v) is 9.29. The molecule has 0 aromatic rings. The maximum absolute atomic E-state index is 11.7. The van der Waals surface area contributed by atoms with Gasteiger partial charge in [0, 0.05) is 17.1 Å². The predicted octanol–water partition coefficient (Wildman–Crippen LogP) is 1.67. The molecule has 5 heteroatoms. The van der Waals surface area contributed by atoms with Gasteiger partial charge >= 0.3 is 5.97 Å². The van der Waals surface area contributed by atoms with Gasteiger partial charge in [0.05, 0.1) is 18.3 Å². The quantitative estimate of drug-likeness (QED) is 0.629. The van der Waals surface area contributed by atoms with E-state index in [0.717, 1.165) is 37.7 Å². The average molecular weight is 346 g/mol. The summed E-state index contributed by atoms with van der Waals surface area (Å²) >= 11 is 0. The van der Waals surface area contributed by atoms with Crippen LogP contribution in [-0.4, -0.2) is 39.6 Å². The molecule has 5 nitrogen and oxygen atoms in total. The molecule has 1 spiro atoms. The van der Waals surface area contributed by atoms with Gasteiger partial charge in [0.15, 0.2) is 0 Å². The Labute approximate surface area is 147 Å². The van der Waals surface area contributed by atoms with Gasteiger partial charge in [-0.2, -0.15) is 0 Å². The molecule has 0 amide bonds. The molecule has 0 saturated heterocycles. The van der Waals surface area contributed by atoms with Crippen LogP contribution in [-0.2, 0) is 9.53 Å². The van der Waals surface area contributed by atoms with E-state index in [1.54, 1.807) is 12.2 Å². The number of fused-ring (bicyclic) bond motifs is 5. The molecule has 4 aliphatic carbocycles. The summed E-state index contributed by atoms with van der Waals surface area (Å²) in [6, 6.07) is 0. The van der Waals surface area contributed by atoms with E-state index in [4.69, 9.17) is 4.74 Å². The van der Waals surface area contributed by atoms with Gasteiger partial charge in [0.1, 0.15) is 5.76 Å². The number of aliphatic hydroxyl groups is 3. The van der Waals surface area contributed by atoms with E-state index in [0.29, 0.717) is 12.2 Å². The molecule has 7 atom stereocenters. The van der Waals surface area contributed by atoms with Crippen molar-refractivity contribution in [2.75, 3.05) is 6.61 Å². The number of allylic oxidation sites excluding steroid dienone is 1. The lowest BCUT2D eigenvalue weighted by Gasteiger charge is -2.60. The number of hydrogen-bond donors (Lipinski definition) is 3. The highest BCUT2D eigenvalue weighted by atomic mass is 16.5. The van der Waals surface area contributed by atoms with Crippen molar-refractivity contribution in [1.82, 2.24) is 0 Å². The van der Waals surface area contributed by atoms with Crippen LogP contribution in [0.25, 0.3) is 0 Å². The van der Waals surface area contributed by atoms with Gasteiger partial charge in [0.25, 0.3) is 0 Å². The first-order valence-corrected chi connectivity index (χ1v) is 9.49. The molecule has 0 radical (unpaired) electrons. The molecule has 3 saturated carbocycles. The summed E-state index contributed by atoms with van der Waals surface area (Å²) in [5.74, 6) is 0.764. The fourth-order valence-electron chi connectivity index (χ4n) is 7.35. The summed E-state index contributed by atoms with van der Waals surface area (Å²) < 4.78 is 5.27. The lowest BCUT2D eigenvalue weighted by Crippen LogP contribution is -2.57. The smallest absolute Gasteiger partial charge is 0.336 e. The van der Waals surface area contributed by atoms with Crippen molar-refractivity contribution in [2.24, 2.45) is 28.6 Å². The molecule has 3 N–H and O–H groups in total. The third-order valence-corrected chi connectivity index (χ3v) is 8.41. The Balaban J connectivity index is 1.59. The van der Waals surface area contributed by atoms with Crippen molar-refractivity contribution in [1.29, 1.82) is 0 Å². The van der Waals surface area contributed by atoms with Crippen LogP contribution in [0.15, 0.2) is 23.5 Å². The Bertz CT molecular complexity index is 711. The first kappa shape index (κ1) is 16.0. The normalized spacial score (nSPS) is 53.4. The molecule has 5 aliphatic rings. The van der Waals surface area contributed by atoms with Crippen LogP contribution in [0, 0.1) is 28.6 Å². The van der Waals surface area contributed by atoms with Crippen LogP contribution < -0.4 is 0 Å². The lowest BCUT2D eigenvalue weighted by atomic mass is 9.44. The van der Waals surface area contributed by atoms with Crippen LogP contribution >= 0.6 is 0 Å². The molecule has 1 heterocycles. The van der Waals surface area contributed by atoms with Crippen molar-refractivity contribution in [3.63, 3.8) is 0 Å². The topological polar surface area (TPSA) is 87.0 Å². The van der Waals surface area contributed by atoms with Crippen molar-refractivity contribution >= 4 is 5.97 Å². The zero-order valence-corrected chi connectivity index (χ0v) is 14.6. The highest BCUT2D eigenvalue weighted by Crippen LogP contribution is 2.71. The molecule has 3 fully saturated rings. The Morgan fingerprint density at radius 3 is 2.88 bits per heavy atom. The van der Waals surface area contributed by atoms with Gasteiger partial charge in [-0.3, -0.25) is 0 Å².